The number of aliphatic hydroxyl groups is 1. The molecule has 0 bridgehead atoms. The molecule has 0 saturated carbocycles. The Morgan fingerprint density at radius 3 is 2.30 bits per heavy atom. The molecular formula is C6H13IN2O. The Bertz CT molecular complexity index is 107. The van der Waals surface area contributed by atoms with Gasteiger partial charge in [0.15, 0.2) is 3.73 Å². The van der Waals surface area contributed by atoms with Crippen molar-refractivity contribution in [2.45, 2.75) is 10.7 Å². The van der Waals surface area contributed by atoms with Crippen LogP contribution in [0.2, 0.25) is 0 Å². The molecule has 0 aromatic rings. The molecule has 1 rings (SSSR count). The number of nitrogens with one attached hydrogen (secondary N) is 1. The van der Waals surface area contributed by atoms with Crippen LogP contribution in [0.25, 0.3) is 0 Å². The molecule has 1 fully saturated rings. The summed E-state index contributed by atoms with van der Waals surface area (Å²) < 4.78 is -0.667. The smallest absolute Gasteiger partial charge is 0.168 e. The van der Waals surface area contributed by atoms with Crippen LogP contribution in [-0.4, -0.2) is 39.9 Å². The maximum absolute atomic E-state index is 9.53. The van der Waals surface area contributed by atoms with Gasteiger partial charge in [0, 0.05) is 26.2 Å². The predicted molar refractivity (Wildman–Crippen MR) is 49.1 cm³/mol. The molecule has 3 nitrogen and oxygen atoms in total. The van der Waals surface area contributed by atoms with Gasteiger partial charge in [-0.15, -0.1) is 0 Å². The predicted octanol–water partition coefficient (Wildman–Crippen LogP) is -0.00740. The second kappa shape index (κ2) is 3.34. The van der Waals surface area contributed by atoms with Gasteiger partial charge in [-0.2, -0.15) is 0 Å². The van der Waals surface area contributed by atoms with Crippen LogP contribution in [0, 0.1) is 0 Å². The van der Waals surface area contributed by atoms with Crippen molar-refractivity contribution in [3.63, 3.8) is 0 Å². The molecule has 1 aliphatic heterocycles. The van der Waals surface area contributed by atoms with Gasteiger partial charge in [0.1, 0.15) is 0 Å². The Hall–Kier alpha value is 0.610. The van der Waals surface area contributed by atoms with Crippen molar-refractivity contribution in [1.29, 1.82) is 0 Å². The van der Waals surface area contributed by atoms with Crippen molar-refractivity contribution < 1.29 is 5.11 Å². The third kappa shape index (κ3) is 2.34. The Morgan fingerprint density at radius 2 is 2.00 bits per heavy atom. The van der Waals surface area contributed by atoms with E-state index in [0.29, 0.717) is 0 Å². The SMILES string of the molecule is CC(O)(I)N1CCNCC1. The Kier molecular flexibility index (Phi) is 2.91. The van der Waals surface area contributed by atoms with E-state index in [0.717, 1.165) is 26.2 Å². The van der Waals surface area contributed by atoms with Crippen LogP contribution < -0.4 is 5.32 Å². The second-order valence-corrected chi connectivity index (χ2v) is 4.69. The summed E-state index contributed by atoms with van der Waals surface area (Å²) in [5.74, 6) is 0. The highest BCUT2D eigenvalue weighted by atomic mass is 127. The third-order valence-electron chi connectivity index (χ3n) is 1.69. The summed E-state index contributed by atoms with van der Waals surface area (Å²) in [5, 5.41) is 12.8. The minimum Gasteiger partial charge on any atom is -0.367 e. The van der Waals surface area contributed by atoms with E-state index in [1.165, 1.54) is 0 Å². The molecule has 4 heteroatoms. The van der Waals surface area contributed by atoms with Crippen molar-refractivity contribution in [2.75, 3.05) is 26.2 Å². The van der Waals surface area contributed by atoms with Gasteiger partial charge in [-0.3, -0.25) is 4.90 Å². The van der Waals surface area contributed by atoms with Gasteiger partial charge in [0.05, 0.1) is 0 Å². The number of hydrogen-bond donors (Lipinski definition) is 2. The zero-order valence-electron chi connectivity index (χ0n) is 6.10. The van der Waals surface area contributed by atoms with Crippen molar-refractivity contribution in [1.82, 2.24) is 10.2 Å². The fourth-order valence-electron chi connectivity index (χ4n) is 1.07. The Balaban J connectivity index is 2.39. The Morgan fingerprint density at radius 1 is 1.50 bits per heavy atom. The second-order valence-electron chi connectivity index (χ2n) is 2.64. The molecule has 0 aromatic heterocycles. The zero-order valence-corrected chi connectivity index (χ0v) is 8.26. The van der Waals surface area contributed by atoms with Crippen LogP contribution in [0.3, 0.4) is 0 Å². The van der Waals surface area contributed by atoms with Gasteiger partial charge < -0.3 is 10.4 Å². The van der Waals surface area contributed by atoms with Crippen molar-refractivity contribution in [3.8, 4) is 0 Å². The highest BCUT2D eigenvalue weighted by Crippen LogP contribution is 2.19. The molecule has 2 N–H and O–H groups in total. The van der Waals surface area contributed by atoms with Crippen molar-refractivity contribution >= 4 is 22.6 Å². The quantitative estimate of drug-likeness (QED) is 0.393. The lowest BCUT2D eigenvalue weighted by Gasteiger charge is -2.35. The van der Waals surface area contributed by atoms with E-state index in [2.05, 4.69) is 10.2 Å². The molecule has 1 unspecified atom stereocenters. The van der Waals surface area contributed by atoms with E-state index in [-0.39, 0.29) is 0 Å². The molecule has 1 atom stereocenters. The molecule has 1 aliphatic rings. The zero-order chi connectivity index (χ0) is 7.61. The van der Waals surface area contributed by atoms with Crippen LogP contribution in [0.1, 0.15) is 6.92 Å². The number of rotatable bonds is 1. The summed E-state index contributed by atoms with van der Waals surface area (Å²) in [4.78, 5) is 2.06. The monoisotopic (exact) mass is 256 g/mol. The molecule has 0 amide bonds. The van der Waals surface area contributed by atoms with E-state index in [1.54, 1.807) is 0 Å². The average Bonchev–Trinajstić information content (AvgIpc) is 1.88. The maximum atomic E-state index is 9.53. The first-order valence-corrected chi connectivity index (χ1v) is 4.55. The fraction of sp³-hybridized carbons (Fsp3) is 1.00. The van der Waals surface area contributed by atoms with Crippen LogP contribution in [0.15, 0.2) is 0 Å². The largest absolute Gasteiger partial charge is 0.367 e. The first-order valence-electron chi connectivity index (χ1n) is 3.48. The number of hydrogen-bond acceptors (Lipinski definition) is 3. The summed E-state index contributed by atoms with van der Waals surface area (Å²) >= 11 is 2.05. The highest BCUT2D eigenvalue weighted by molar-refractivity contribution is 14.1. The van der Waals surface area contributed by atoms with Crippen LogP contribution in [0.4, 0.5) is 0 Å². The number of halogens is 1. The number of nitrogens with zero attached hydrogens (tertiary/aromatic N) is 1. The lowest BCUT2D eigenvalue weighted by atomic mass is 10.3. The third-order valence-corrected chi connectivity index (χ3v) is 2.38. The lowest BCUT2D eigenvalue weighted by molar-refractivity contribution is -0.00466. The lowest BCUT2D eigenvalue weighted by Crippen LogP contribution is -2.51. The summed E-state index contributed by atoms with van der Waals surface area (Å²) in [6, 6.07) is 0. The van der Waals surface area contributed by atoms with E-state index in [9.17, 15) is 5.11 Å². The first kappa shape index (κ1) is 8.70. The number of alkyl halides is 1. The van der Waals surface area contributed by atoms with Gasteiger partial charge in [-0.05, 0) is 29.5 Å². The van der Waals surface area contributed by atoms with Gasteiger partial charge in [0.25, 0.3) is 0 Å². The maximum Gasteiger partial charge on any atom is 0.168 e. The summed E-state index contributed by atoms with van der Waals surface area (Å²) in [5.41, 5.74) is 0. The summed E-state index contributed by atoms with van der Waals surface area (Å²) in [6.45, 7) is 5.67. The molecule has 0 spiro atoms. The van der Waals surface area contributed by atoms with Crippen molar-refractivity contribution in [2.24, 2.45) is 0 Å². The van der Waals surface area contributed by atoms with E-state index in [1.807, 2.05) is 29.5 Å². The van der Waals surface area contributed by atoms with E-state index >= 15 is 0 Å². The molecule has 60 valence electrons. The minimum atomic E-state index is -0.667. The molecule has 0 aromatic carbocycles. The normalized spacial score (nSPS) is 27.9. The van der Waals surface area contributed by atoms with Crippen LogP contribution >= 0.6 is 22.6 Å². The highest BCUT2D eigenvalue weighted by Gasteiger charge is 2.25. The van der Waals surface area contributed by atoms with E-state index < -0.39 is 3.73 Å². The molecular weight excluding hydrogens is 243 g/mol. The van der Waals surface area contributed by atoms with Gasteiger partial charge in [0.2, 0.25) is 0 Å². The van der Waals surface area contributed by atoms with Gasteiger partial charge >= 0.3 is 0 Å². The fourth-order valence-corrected chi connectivity index (χ4v) is 1.56. The molecule has 0 aliphatic carbocycles. The topological polar surface area (TPSA) is 35.5 Å². The minimum absolute atomic E-state index is 0.667. The molecule has 1 heterocycles. The average molecular weight is 256 g/mol. The molecule has 10 heavy (non-hydrogen) atoms. The molecule has 0 radical (unpaired) electrons. The van der Waals surface area contributed by atoms with Crippen LogP contribution in [-0.2, 0) is 0 Å². The standard InChI is InChI=1S/C6H13IN2O/c1-6(7,10)9-4-2-8-3-5-9/h8,10H,2-5H2,1H3. The summed E-state index contributed by atoms with van der Waals surface area (Å²) in [6.07, 6.45) is 0. The first-order chi connectivity index (χ1) is 4.61. The Labute approximate surface area is 74.9 Å². The van der Waals surface area contributed by atoms with E-state index in [4.69, 9.17) is 0 Å². The summed E-state index contributed by atoms with van der Waals surface area (Å²) in [7, 11) is 0. The van der Waals surface area contributed by atoms with Crippen molar-refractivity contribution in [3.05, 3.63) is 0 Å². The number of piperazine rings is 1. The van der Waals surface area contributed by atoms with Crippen LogP contribution in [0.5, 0.6) is 0 Å². The van der Waals surface area contributed by atoms with Gasteiger partial charge in [-0.25, -0.2) is 0 Å². The molecule has 1 saturated heterocycles. The van der Waals surface area contributed by atoms with Gasteiger partial charge in [-0.1, -0.05) is 0 Å².